The molecule has 5 rings (SSSR count). The van der Waals surface area contributed by atoms with E-state index in [9.17, 15) is 4.79 Å². The van der Waals surface area contributed by atoms with E-state index in [1.807, 2.05) is 36.4 Å². The number of benzene rings is 3. The van der Waals surface area contributed by atoms with E-state index < -0.39 is 0 Å². The highest BCUT2D eigenvalue weighted by Crippen LogP contribution is 2.32. The maximum atomic E-state index is 12.7. The van der Waals surface area contributed by atoms with Crippen LogP contribution in [-0.4, -0.2) is 15.9 Å². The van der Waals surface area contributed by atoms with E-state index in [0.29, 0.717) is 39.0 Å². The van der Waals surface area contributed by atoms with Gasteiger partial charge in [0.1, 0.15) is 0 Å². The Labute approximate surface area is 171 Å². The summed E-state index contributed by atoms with van der Waals surface area (Å²) in [4.78, 5) is 21.3. The summed E-state index contributed by atoms with van der Waals surface area (Å²) in [5.74, 6) is 0.147. The Hall–Kier alpha value is -3.70. The molecular weight excluding hydrogens is 386 g/mol. The molecule has 0 bridgehead atoms. The van der Waals surface area contributed by atoms with E-state index in [1.165, 1.54) is 0 Å². The first-order chi connectivity index (χ1) is 14.2. The lowest BCUT2D eigenvalue weighted by molar-refractivity contribution is 0.102. The van der Waals surface area contributed by atoms with E-state index in [2.05, 4.69) is 15.3 Å². The molecule has 29 heavy (non-hydrogen) atoms. The Morgan fingerprint density at radius 3 is 2.66 bits per heavy atom. The number of pyridine rings is 1. The highest BCUT2D eigenvalue weighted by atomic mass is 35.5. The molecule has 0 saturated heterocycles. The Morgan fingerprint density at radius 1 is 0.931 bits per heavy atom. The van der Waals surface area contributed by atoms with Crippen molar-refractivity contribution in [3.05, 3.63) is 89.6 Å². The van der Waals surface area contributed by atoms with Crippen molar-refractivity contribution in [3.63, 3.8) is 0 Å². The van der Waals surface area contributed by atoms with Crippen molar-refractivity contribution >= 4 is 45.2 Å². The van der Waals surface area contributed by atoms with Gasteiger partial charge in [0.05, 0.1) is 10.6 Å². The first kappa shape index (κ1) is 17.4. The molecule has 0 saturated carbocycles. The maximum absolute atomic E-state index is 12.7. The van der Waals surface area contributed by atoms with Gasteiger partial charge >= 0.3 is 0 Å². The lowest BCUT2D eigenvalue weighted by Gasteiger charge is -2.08. The summed E-state index contributed by atoms with van der Waals surface area (Å²) in [7, 11) is 0. The molecule has 5 aromatic rings. The van der Waals surface area contributed by atoms with Gasteiger partial charge in [0.15, 0.2) is 11.2 Å². The zero-order valence-electron chi connectivity index (χ0n) is 15.1. The molecule has 2 heterocycles. The first-order valence-electron chi connectivity index (χ1n) is 8.99. The van der Waals surface area contributed by atoms with Crippen LogP contribution in [0.5, 0.6) is 0 Å². The number of carbonyl (C=O) groups excluding carboxylic acids is 1. The fraction of sp³-hybridized carbons (Fsp3) is 0. The number of aromatic nitrogens is 2. The predicted octanol–water partition coefficient (Wildman–Crippen LogP) is 5.95. The van der Waals surface area contributed by atoms with Gasteiger partial charge in [-0.2, -0.15) is 4.98 Å². The molecule has 0 aliphatic heterocycles. The van der Waals surface area contributed by atoms with Crippen molar-refractivity contribution in [1.29, 1.82) is 0 Å². The second-order valence-electron chi connectivity index (χ2n) is 6.55. The molecule has 2 aromatic heterocycles. The van der Waals surface area contributed by atoms with Crippen LogP contribution in [0, 0.1) is 0 Å². The second-order valence-corrected chi connectivity index (χ2v) is 6.96. The number of carbonyl (C=O) groups is 1. The van der Waals surface area contributed by atoms with Gasteiger partial charge in [-0.15, -0.1) is 0 Å². The maximum Gasteiger partial charge on any atom is 0.255 e. The van der Waals surface area contributed by atoms with E-state index in [-0.39, 0.29) is 5.91 Å². The SMILES string of the molecule is O=C(Nc1ccc(Cl)c(-c2nc3ncccc3o2)c1)c1ccc2ccccc2c1. The summed E-state index contributed by atoms with van der Waals surface area (Å²) in [6, 6.07) is 22.3. The molecule has 3 aromatic carbocycles. The van der Waals surface area contributed by atoms with Gasteiger partial charge in [-0.3, -0.25) is 4.79 Å². The summed E-state index contributed by atoms with van der Waals surface area (Å²) in [6.07, 6.45) is 1.65. The zero-order valence-corrected chi connectivity index (χ0v) is 15.9. The van der Waals surface area contributed by atoms with E-state index in [4.69, 9.17) is 16.0 Å². The van der Waals surface area contributed by atoms with Crippen molar-refractivity contribution < 1.29 is 9.21 Å². The normalized spacial score (nSPS) is 11.1. The summed E-state index contributed by atoms with van der Waals surface area (Å²) in [5.41, 5.74) is 2.83. The van der Waals surface area contributed by atoms with Crippen LogP contribution in [0.25, 0.3) is 33.5 Å². The highest BCUT2D eigenvalue weighted by molar-refractivity contribution is 6.33. The number of nitrogens with zero attached hydrogens (tertiary/aromatic N) is 2. The average Bonchev–Trinajstić information content (AvgIpc) is 3.18. The minimum atomic E-state index is -0.205. The molecule has 0 radical (unpaired) electrons. The first-order valence-corrected chi connectivity index (χ1v) is 9.37. The average molecular weight is 400 g/mol. The van der Waals surface area contributed by atoms with E-state index in [1.54, 1.807) is 42.6 Å². The number of fused-ring (bicyclic) bond motifs is 2. The van der Waals surface area contributed by atoms with Crippen LogP contribution in [-0.2, 0) is 0 Å². The summed E-state index contributed by atoms with van der Waals surface area (Å²) in [5, 5.41) is 5.48. The summed E-state index contributed by atoms with van der Waals surface area (Å²) >= 11 is 6.34. The molecular formula is C23H14ClN3O2. The second kappa shape index (κ2) is 7.04. The molecule has 0 fully saturated rings. The Bertz CT molecular complexity index is 1340. The van der Waals surface area contributed by atoms with Crippen LogP contribution in [0.3, 0.4) is 0 Å². The van der Waals surface area contributed by atoms with Gasteiger partial charge in [-0.1, -0.05) is 41.9 Å². The van der Waals surface area contributed by atoms with E-state index in [0.717, 1.165) is 10.8 Å². The minimum absolute atomic E-state index is 0.205. The molecule has 0 aliphatic rings. The van der Waals surface area contributed by atoms with Crippen molar-refractivity contribution in [2.45, 2.75) is 0 Å². The van der Waals surface area contributed by atoms with Crippen LogP contribution in [0.1, 0.15) is 10.4 Å². The predicted molar refractivity (Wildman–Crippen MR) is 114 cm³/mol. The summed E-state index contributed by atoms with van der Waals surface area (Å²) < 4.78 is 5.76. The van der Waals surface area contributed by atoms with Gasteiger partial charge in [-0.25, -0.2) is 4.98 Å². The largest absolute Gasteiger partial charge is 0.434 e. The van der Waals surface area contributed by atoms with Crippen LogP contribution in [0.2, 0.25) is 5.02 Å². The molecule has 140 valence electrons. The van der Waals surface area contributed by atoms with Crippen LogP contribution in [0.15, 0.2) is 83.4 Å². The number of rotatable bonds is 3. The van der Waals surface area contributed by atoms with Gasteiger partial charge < -0.3 is 9.73 Å². The zero-order chi connectivity index (χ0) is 19.8. The molecule has 0 spiro atoms. The third-order valence-electron chi connectivity index (χ3n) is 4.63. The fourth-order valence-electron chi connectivity index (χ4n) is 3.18. The highest BCUT2D eigenvalue weighted by Gasteiger charge is 2.14. The lowest BCUT2D eigenvalue weighted by atomic mass is 10.1. The van der Waals surface area contributed by atoms with Gasteiger partial charge in [0.25, 0.3) is 5.91 Å². The molecule has 5 nitrogen and oxygen atoms in total. The minimum Gasteiger partial charge on any atom is -0.434 e. The molecule has 0 aliphatic carbocycles. The standard InChI is InChI=1S/C23H14ClN3O2/c24-19-10-9-17(13-18(19)23-27-21-20(29-23)6-3-11-25-21)26-22(28)16-8-7-14-4-1-2-5-15(14)12-16/h1-13H,(H,26,28). The lowest BCUT2D eigenvalue weighted by Crippen LogP contribution is -2.11. The summed E-state index contributed by atoms with van der Waals surface area (Å²) in [6.45, 7) is 0. The molecule has 6 heteroatoms. The Kier molecular flexibility index (Phi) is 4.22. The molecule has 1 amide bonds. The Balaban J connectivity index is 1.46. The van der Waals surface area contributed by atoms with Gasteiger partial charge in [-0.05, 0) is 53.2 Å². The number of hydrogen-bond donors (Lipinski definition) is 1. The van der Waals surface area contributed by atoms with Crippen LogP contribution in [0.4, 0.5) is 5.69 Å². The number of anilines is 1. The quantitative estimate of drug-likeness (QED) is 0.407. The van der Waals surface area contributed by atoms with Gasteiger partial charge in [0.2, 0.25) is 5.89 Å². The van der Waals surface area contributed by atoms with Crippen LogP contribution < -0.4 is 5.32 Å². The topological polar surface area (TPSA) is 68.0 Å². The fourth-order valence-corrected chi connectivity index (χ4v) is 3.38. The number of oxazole rings is 1. The van der Waals surface area contributed by atoms with Gasteiger partial charge in [0, 0.05) is 17.4 Å². The molecule has 1 N–H and O–H groups in total. The smallest absolute Gasteiger partial charge is 0.255 e. The number of halogens is 1. The molecule has 0 atom stereocenters. The Morgan fingerprint density at radius 2 is 1.79 bits per heavy atom. The third kappa shape index (κ3) is 3.32. The third-order valence-corrected chi connectivity index (χ3v) is 4.96. The van der Waals surface area contributed by atoms with Crippen molar-refractivity contribution in [2.24, 2.45) is 0 Å². The monoisotopic (exact) mass is 399 g/mol. The number of nitrogens with one attached hydrogen (secondary N) is 1. The number of hydrogen-bond acceptors (Lipinski definition) is 4. The van der Waals surface area contributed by atoms with Crippen molar-refractivity contribution in [3.8, 4) is 11.5 Å². The van der Waals surface area contributed by atoms with E-state index >= 15 is 0 Å². The van der Waals surface area contributed by atoms with Crippen molar-refractivity contribution in [2.75, 3.05) is 5.32 Å². The van der Waals surface area contributed by atoms with Crippen molar-refractivity contribution in [1.82, 2.24) is 9.97 Å². The van der Waals surface area contributed by atoms with Crippen LogP contribution >= 0.6 is 11.6 Å². The molecule has 0 unspecified atom stereocenters. The number of amides is 1.